The number of ether oxygens (including phenoxy) is 2. The molecule has 0 saturated heterocycles. The third-order valence-electron chi connectivity index (χ3n) is 3.67. The summed E-state index contributed by atoms with van der Waals surface area (Å²) < 4.78 is 12.0. The van der Waals surface area contributed by atoms with Crippen LogP contribution in [0.1, 0.15) is 12.0 Å². The van der Waals surface area contributed by atoms with Crippen LogP contribution in [0.3, 0.4) is 0 Å². The number of aryl methyl sites for hydroxylation is 1. The molecule has 0 aromatic heterocycles. The Labute approximate surface area is 157 Å². The van der Waals surface area contributed by atoms with Crippen LogP contribution in [-0.4, -0.2) is 6.29 Å². The van der Waals surface area contributed by atoms with Gasteiger partial charge in [0.25, 0.3) is 0 Å². The average Bonchev–Trinajstić information content (AvgIpc) is 2.64. The summed E-state index contributed by atoms with van der Waals surface area (Å²) in [6.07, 6.45) is 1.16. The topological polar surface area (TPSA) is 18.5 Å². The Balaban J connectivity index is 1.70. The van der Waals surface area contributed by atoms with Crippen molar-refractivity contribution < 1.29 is 9.47 Å². The molecule has 0 bridgehead atoms. The number of hydrogen-bond donors (Lipinski definition) is 0. The smallest absolute Gasteiger partial charge is 0.241 e. The van der Waals surface area contributed by atoms with Crippen molar-refractivity contribution in [1.29, 1.82) is 0 Å². The number of halogens is 2. The van der Waals surface area contributed by atoms with Crippen molar-refractivity contribution in [3.63, 3.8) is 0 Å². The van der Waals surface area contributed by atoms with Crippen molar-refractivity contribution in [3.8, 4) is 11.5 Å². The number of rotatable bonds is 7. The predicted octanol–water partition coefficient (Wildman–Crippen LogP) is 6.41. The van der Waals surface area contributed by atoms with Crippen LogP contribution >= 0.6 is 23.2 Å². The molecule has 3 rings (SSSR count). The van der Waals surface area contributed by atoms with E-state index in [4.69, 9.17) is 32.7 Å². The minimum absolute atomic E-state index is 0.414. The second kappa shape index (κ2) is 8.80. The van der Waals surface area contributed by atoms with Crippen molar-refractivity contribution in [2.75, 3.05) is 0 Å². The highest BCUT2D eigenvalue weighted by Gasteiger charge is 2.13. The summed E-state index contributed by atoms with van der Waals surface area (Å²) >= 11 is 11.9. The Hall–Kier alpha value is -2.16. The van der Waals surface area contributed by atoms with Crippen LogP contribution in [0.15, 0.2) is 78.9 Å². The van der Waals surface area contributed by atoms with Gasteiger partial charge in [0.1, 0.15) is 11.5 Å². The Morgan fingerprint density at radius 3 is 1.60 bits per heavy atom. The van der Waals surface area contributed by atoms with E-state index in [1.54, 1.807) is 24.3 Å². The molecule has 0 aliphatic heterocycles. The Bertz CT molecular complexity index is 724. The molecular weight excluding hydrogens is 355 g/mol. The van der Waals surface area contributed by atoms with Crippen LogP contribution < -0.4 is 9.47 Å². The van der Waals surface area contributed by atoms with Crippen molar-refractivity contribution in [3.05, 3.63) is 94.5 Å². The fraction of sp³-hybridized carbons (Fsp3) is 0.143. The van der Waals surface area contributed by atoms with E-state index in [0.29, 0.717) is 10.0 Å². The first-order valence-corrected chi connectivity index (χ1v) is 8.83. The summed E-state index contributed by atoms with van der Waals surface area (Å²) in [5.74, 6) is 1.44. The second-order valence-corrected chi connectivity index (χ2v) is 6.47. The molecule has 3 aromatic rings. The van der Waals surface area contributed by atoms with Gasteiger partial charge in [0, 0.05) is 16.5 Å². The van der Waals surface area contributed by atoms with Crippen LogP contribution in [0.25, 0.3) is 0 Å². The van der Waals surface area contributed by atoms with Crippen LogP contribution in [0.4, 0.5) is 0 Å². The summed E-state index contributed by atoms with van der Waals surface area (Å²) in [6, 6.07) is 24.8. The van der Waals surface area contributed by atoms with Gasteiger partial charge in [-0.15, -0.1) is 0 Å². The van der Waals surface area contributed by atoms with E-state index in [1.807, 2.05) is 42.5 Å². The lowest BCUT2D eigenvalue weighted by Crippen LogP contribution is -2.24. The van der Waals surface area contributed by atoms with E-state index < -0.39 is 6.29 Å². The van der Waals surface area contributed by atoms with Crippen LogP contribution in [0, 0.1) is 0 Å². The lowest BCUT2D eigenvalue weighted by Gasteiger charge is -2.21. The molecule has 0 amide bonds. The van der Waals surface area contributed by atoms with Gasteiger partial charge in [0.05, 0.1) is 0 Å². The average molecular weight is 373 g/mol. The van der Waals surface area contributed by atoms with E-state index >= 15 is 0 Å². The monoisotopic (exact) mass is 372 g/mol. The zero-order valence-electron chi connectivity index (χ0n) is 13.6. The van der Waals surface area contributed by atoms with Gasteiger partial charge in [-0.1, -0.05) is 53.5 Å². The van der Waals surface area contributed by atoms with Gasteiger partial charge < -0.3 is 9.47 Å². The lowest BCUT2D eigenvalue weighted by molar-refractivity contribution is -0.000276. The van der Waals surface area contributed by atoms with Crippen LogP contribution in [0.5, 0.6) is 11.5 Å². The molecule has 4 heteroatoms. The van der Waals surface area contributed by atoms with E-state index in [-0.39, 0.29) is 0 Å². The first-order chi connectivity index (χ1) is 12.2. The summed E-state index contributed by atoms with van der Waals surface area (Å²) in [4.78, 5) is 0. The zero-order chi connectivity index (χ0) is 17.5. The molecule has 0 unspecified atom stereocenters. The Morgan fingerprint density at radius 1 is 0.640 bits per heavy atom. The number of hydrogen-bond acceptors (Lipinski definition) is 2. The largest absolute Gasteiger partial charge is 0.455 e. The summed E-state index contributed by atoms with van der Waals surface area (Å²) in [7, 11) is 0. The van der Waals surface area contributed by atoms with Crippen molar-refractivity contribution in [2.45, 2.75) is 19.1 Å². The van der Waals surface area contributed by atoms with Crippen molar-refractivity contribution in [1.82, 2.24) is 0 Å². The second-order valence-electron chi connectivity index (χ2n) is 5.60. The molecule has 128 valence electrons. The normalized spacial score (nSPS) is 10.7. The first-order valence-electron chi connectivity index (χ1n) is 8.07. The molecule has 2 nitrogen and oxygen atoms in total. The molecule has 3 aromatic carbocycles. The summed E-state index contributed by atoms with van der Waals surface area (Å²) in [5.41, 5.74) is 1.24. The third-order valence-corrected chi connectivity index (χ3v) is 4.18. The van der Waals surface area contributed by atoms with Crippen molar-refractivity contribution >= 4 is 23.2 Å². The maximum Gasteiger partial charge on any atom is 0.241 e. The Kier molecular flexibility index (Phi) is 6.21. The molecule has 0 aliphatic rings. The lowest BCUT2D eigenvalue weighted by atomic mass is 10.1. The minimum Gasteiger partial charge on any atom is -0.455 e. The highest BCUT2D eigenvalue weighted by molar-refractivity contribution is 6.30. The fourth-order valence-corrected chi connectivity index (χ4v) is 2.65. The molecule has 0 aliphatic carbocycles. The molecular formula is C21H18Cl2O2. The quantitative estimate of drug-likeness (QED) is 0.446. The molecule has 0 fully saturated rings. The van der Waals surface area contributed by atoms with Crippen LogP contribution in [-0.2, 0) is 6.42 Å². The van der Waals surface area contributed by atoms with Gasteiger partial charge in [-0.25, -0.2) is 0 Å². The van der Waals surface area contributed by atoms with Gasteiger partial charge >= 0.3 is 0 Å². The van der Waals surface area contributed by atoms with Gasteiger partial charge in [0.2, 0.25) is 6.29 Å². The third kappa shape index (κ3) is 5.70. The van der Waals surface area contributed by atoms with Gasteiger partial charge in [0.15, 0.2) is 0 Å². The van der Waals surface area contributed by atoms with E-state index in [1.165, 1.54) is 5.56 Å². The molecule has 25 heavy (non-hydrogen) atoms. The molecule has 0 spiro atoms. The summed E-state index contributed by atoms with van der Waals surface area (Å²) in [6.45, 7) is 0. The van der Waals surface area contributed by atoms with E-state index in [9.17, 15) is 0 Å². The summed E-state index contributed by atoms with van der Waals surface area (Å²) in [5, 5.41) is 1.35. The van der Waals surface area contributed by atoms with Gasteiger partial charge in [-0.2, -0.15) is 0 Å². The highest BCUT2D eigenvalue weighted by atomic mass is 35.5. The fourth-order valence-electron chi connectivity index (χ4n) is 2.40. The zero-order valence-corrected chi connectivity index (χ0v) is 15.1. The van der Waals surface area contributed by atoms with Crippen molar-refractivity contribution in [2.24, 2.45) is 0 Å². The van der Waals surface area contributed by atoms with E-state index in [0.717, 1.165) is 24.3 Å². The molecule has 0 radical (unpaired) electrons. The van der Waals surface area contributed by atoms with Crippen LogP contribution in [0.2, 0.25) is 10.0 Å². The van der Waals surface area contributed by atoms with Gasteiger partial charge in [-0.3, -0.25) is 0 Å². The Morgan fingerprint density at radius 2 is 1.12 bits per heavy atom. The minimum atomic E-state index is -0.414. The SMILES string of the molecule is Clc1ccc(OC(CCc2ccccc2)Oc2ccc(Cl)cc2)cc1. The molecule has 0 saturated carbocycles. The molecule has 0 atom stereocenters. The maximum atomic E-state index is 6.01. The predicted molar refractivity (Wildman–Crippen MR) is 103 cm³/mol. The number of benzene rings is 3. The maximum absolute atomic E-state index is 6.01. The first kappa shape index (κ1) is 17.7. The highest BCUT2D eigenvalue weighted by Crippen LogP contribution is 2.22. The van der Waals surface area contributed by atoms with E-state index in [2.05, 4.69) is 12.1 Å². The molecule has 0 heterocycles. The van der Waals surface area contributed by atoms with Gasteiger partial charge in [-0.05, 0) is 60.5 Å². The molecule has 0 N–H and O–H groups in total. The standard InChI is InChI=1S/C21H18Cl2O2/c22-17-7-11-19(12-8-17)24-21(15-6-16-4-2-1-3-5-16)25-20-13-9-18(23)10-14-20/h1-5,7-14,21H,6,15H2.